The van der Waals surface area contributed by atoms with E-state index in [2.05, 4.69) is 30.8 Å². The van der Waals surface area contributed by atoms with Gasteiger partial charge in [-0.25, -0.2) is 0 Å². The number of nitrogens with one attached hydrogen (secondary N) is 2. The first-order valence-electron chi connectivity index (χ1n) is 8.07. The van der Waals surface area contributed by atoms with Crippen LogP contribution in [0.2, 0.25) is 5.02 Å². The van der Waals surface area contributed by atoms with Crippen LogP contribution in [0.25, 0.3) is 10.9 Å². The van der Waals surface area contributed by atoms with E-state index in [0.29, 0.717) is 23.3 Å². The van der Waals surface area contributed by atoms with Gasteiger partial charge in [0.25, 0.3) is 0 Å². The van der Waals surface area contributed by atoms with Gasteiger partial charge in [-0.3, -0.25) is 4.98 Å². The van der Waals surface area contributed by atoms with Crippen molar-refractivity contribution in [1.29, 1.82) is 0 Å². The first-order chi connectivity index (χ1) is 12.8. The van der Waals surface area contributed by atoms with Crippen molar-refractivity contribution in [2.24, 2.45) is 0 Å². The number of fused-ring (bicyclic) bond motifs is 1. The summed E-state index contributed by atoms with van der Waals surface area (Å²) < 4.78 is 0. The van der Waals surface area contributed by atoms with Gasteiger partial charge in [0.05, 0.1) is 17.4 Å². The second-order valence-electron chi connectivity index (χ2n) is 5.62. The largest absolute Gasteiger partial charge is 0.364 e. The Hall–Kier alpha value is -3.25. The molecule has 0 bridgehead atoms. The molecule has 6 nitrogen and oxygen atoms in total. The summed E-state index contributed by atoms with van der Waals surface area (Å²) in [4.78, 5) is 8.87. The molecule has 2 aromatic heterocycles. The zero-order valence-corrected chi connectivity index (χ0v) is 14.5. The minimum absolute atomic E-state index is 0.396. The average molecular weight is 363 g/mol. The van der Waals surface area contributed by atoms with Crippen LogP contribution in [0, 0.1) is 0 Å². The van der Waals surface area contributed by atoms with Gasteiger partial charge in [0.2, 0.25) is 5.95 Å². The van der Waals surface area contributed by atoms with E-state index in [9.17, 15) is 0 Å². The van der Waals surface area contributed by atoms with E-state index in [0.717, 1.165) is 22.2 Å². The third kappa shape index (κ3) is 3.55. The maximum Gasteiger partial charge on any atom is 0.249 e. The van der Waals surface area contributed by atoms with E-state index >= 15 is 0 Å². The van der Waals surface area contributed by atoms with Gasteiger partial charge in [-0.2, -0.15) is 10.1 Å². The minimum Gasteiger partial charge on any atom is -0.364 e. The van der Waals surface area contributed by atoms with Gasteiger partial charge in [-0.05, 0) is 23.8 Å². The number of rotatable bonds is 5. The van der Waals surface area contributed by atoms with Crippen LogP contribution in [-0.4, -0.2) is 20.2 Å². The summed E-state index contributed by atoms with van der Waals surface area (Å²) >= 11 is 6.18. The highest BCUT2D eigenvalue weighted by Gasteiger charge is 2.06. The summed E-state index contributed by atoms with van der Waals surface area (Å²) in [5, 5.41) is 16.2. The third-order valence-electron chi connectivity index (χ3n) is 3.86. The molecular formula is C19H15ClN6. The predicted molar refractivity (Wildman–Crippen MR) is 104 cm³/mol. The van der Waals surface area contributed by atoms with Crippen LogP contribution in [-0.2, 0) is 6.54 Å². The summed E-state index contributed by atoms with van der Waals surface area (Å²) in [5.41, 5.74) is 2.67. The Morgan fingerprint density at radius 3 is 2.77 bits per heavy atom. The Labute approximate surface area is 155 Å². The van der Waals surface area contributed by atoms with E-state index in [1.165, 1.54) is 0 Å². The molecule has 4 aromatic rings. The van der Waals surface area contributed by atoms with Crippen LogP contribution in [0.3, 0.4) is 0 Å². The van der Waals surface area contributed by atoms with Crippen molar-refractivity contribution in [3.8, 4) is 0 Å². The number of benzene rings is 2. The van der Waals surface area contributed by atoms with Gasteiger partial charge in [0.15, 0.2) is 5.82 Å². The predicted octanol–water partition coefficient (Wildman–Crippen LogP) is 4.43. The van der Waals surface area contributed by atoms with Crippen LogP contribution < -0.4 is 10.6 Å². The molecule has 0 saturated heterocycles. The third-order valence-corrected chi connectivity index (χ3v) is 4.22. The molecule has 2 aromatic carbocycles. The number of hydrogen-bond acceptors (Lipinski definition) is 6. The molecule has 26 heavy (non-hydrogen) atoms. The van der Waals surface area contributed by atoms with Gasteiger partial charge in [0, 0.05) is 23.2 Å². The summed E-state index contributed by atoms with van der Waals surface area (Å²) in [6.07, 6.45) is 3.33. The quantitative estimate of drug-likeness (QED) is 0.547. The molecule has 2 heterocycles. The van der Waals surface area contributed by atoms with Crippen LogP contribution in [0.5, 0.6) is 0 Å². The fourth-order valence-corrected chi connectivity index (χ4v) is 2.80. The van der Waals surface area contributed by atoms with Gasteiger partial charge >= 0.3 is 0 Å². The monoisotopic (exact) mass is 362 g/mol. The summed E-state index contributed by atoms with van der Waals surface area (Å²) in [7, 11) is 0. The van der Waals surface area contributed by atoms with Crippen molar-refractivity contribution in [1.82, 2.24) is 20.2 Å². The normalized spacial score (nSPS) is 10.7. The lowest BCUT2D eigenvalue weighted by atomic mass is 10.2. The molecule has 0 atom stereocenters. The van der Waals surface area contributed by atoms with Gasteiger partial charge in [-0.1, -0.05) is 48.0 Å². The number of pyridine rings is 1. The van der Waals surface area contributed by atoms with Crippen molar-refractivity contribution in [3.63, 3.8) is 0 Å². The molecular weight excluding hydrogens is 348 g/mol. The molecule has 0 radical (unpaired) electrons. The number of aromatic nitrogens is 4. The van der Waals surface area contributed by atoms with E-state index in [4.69, 9.17) is 11.6 Å². The molecule has 0 aliphatic heterocycles. The summed E-state index contributed by atoms with van der Waals surface area (Å²) in [6.45, 7) is 0.549. The number of nitrogens with zero attached hydrogens (tertiary/aromatic N) is 4. The van der Waals surface area contributed by atoms with Crippen LogP contribution in [0.15, 0.2) is 67.0 Å². The maximum absolute atomic E-state index is 6.18. The standard InChI is InChI=1S/C19H15ClN6/c20-15-8-2-1-5-14(15)11-22-17-12-23-26-19(25-17)24-16-9-3-6-13-7-4-10-21-18(13)16/h1-10,12H,11H2,(H2,22,24,25,26). The van der Waals surface area contributed by atoms with Crippen molar-refractivity contribution < 1.29 is 0 Å². The molecule has 7 heteroatoms. The Bertz CT molecular complexity index is 1050. The van der Waals surface area contributed by atoms with Crippen LogP contribution in [0.1, 0.15) is 5.56 Å². The Balaban J connectivity index is 1.53. The molecule has 4 rings (SSSR count). The first kappa shape index (κ1) is 16.2. The fourth-order valence-electron chi connectivity index (χ4n) is 2.59. The van der Waals surface area contributed by atoms with Crippen molar-refractivity contribution in [3.05, 3.63) is 77.6 Å². The molecule has 0 fully saturated rings. The zero-order chi connectivity index (χ0) is 17.8. The molecule has 128 valence electrons. The Morgan fingerprint density at radius 2 is 1.85 bits per heavy atom. The number of anilines is 3. The molecule has 0 aliphatic carbocycles. The lowest BCUT2D eigenvalue weighted by Crippen LogP contribution is -2.06. The van der Waals surface area contributed by atoms with E-state index in [1.807, 2.05) is 54.6 Å². The fraction of sp³-hybridized carbons (Fsp3) is 0.0526. The van der Waals surface area contributed by atoms with Gasteiger partial charge < -0.3 is 10.6 Å². The lowest BCUT2D eigenvalue weighted by Gasteiger charge is -2.09. The first-order valence-corrected chi connectivity index (χ1v) is 8.45. The molecule has 0 saturated carbocycles. The lowest BCUT2D eigenvalue weighted by molar-refractivity contribution is 0.966. The highest BCUT2D eigenvalue weighted by molar-refractivity contribution is 6.31. The molecule has 0 unspecified atom stereocenters. The summed E-state index contributed by atoms with van der Waals surface area (Å²) in [5.74, 6) is 1.00. The van der Waals surface area contributed by atoms with Crippen LogP contribution >= 0.6 is 11.6 Å². The number of para-hydroxylation sites is 1. The molecule has 2 N–H and O–H groups in total. The van der Waals surface area contributed by atoms with E-state index in [1.54, 1.807) is 12.4 Å². The van der Waals surface area contributed by atoms with Crippen molar-refractivity contribution in [2.75, 3.05) is 10.6 Å². The topological polar surface area (TPSA) is 75.6 Å². The minimum atomic E-state index is 0.396. The van der Waals surface area contributed by atoms with Crippen molar-refractivity contribution >= 4 is 40.0 Å². The second kappa shape index (κ2) is 7.33. The smallest absolute Gasteiger partial charge is 0.249 e. The Kier molecular flexibility index (Phi) is 4.57. The second-order valence-corrected chi connectivity index (χ2v) is 6.02. The van der Waals surface area contributed by atoms with Crippen molar-refractivity contribution in [2.45, 2.75) is 6.54 Å². The van der Waals surface area contributed by atoms with E-state index in [-0.39, 0.29) is 0 Å². The SMILES string of the molecule is Clc1ccccc1CNc1cnnc(Nc2cccc3cccnc23)n1. The summed E-state index contributed by atoms with van der Waals surface area (Å²) in [6, 6.07) is 17.5. The van der Waals surface area contributed by atoms with Gasteiger partial charge in [-0.15, -0.1) is 5.10 Å². The number of hydrogen-bond donors (Lipinski definition) is 2. The average Bonchev–Trinajstić information content (AvgIpc) is 2.68. The maximum atomic E-state index is 6.18. The molecule has 0 amide bonds. The highest BCUT2D eigenvalue weighted by atomic mass is 35.5. The zero-order valence-electron chi connectivity index (χ0n) is 13.7. The van der Waals surface area contributed by atoms with Crippen LogP contribution in [0.4, 0.5) is 17.5 Å². The van der Waals surface area contributed by atoms with E-state index < -0.39 is 0 Å². The van der Waals surface area contributed by atoms with Gasteiger partial charge in [0.1, 0.15) is 0 Å². The molecule has 0 spiro atoms. The Morgan fingerprint density at radius 1 is 0.962 bits per heavy atom. The molecule has 0 aliphatic rings. The number of halogens is 1. The highest BCUT2D eigenvalue weighted by Crippen LogP contribution is 2.23.